The number of rotatable bonds is 3. The number of hydrogen-bond donors (Lipinski definition) is 2. The second-order valence-corrected chi connectivity index (χ2v) is 6.57. The molecule has 0 amide bonds. The second-order valence-electron chi connectivity index (χ2n) is 6.57. The fraction of sp³-hybridized carbons (Fsp3) is 0.333. The maximum atomic E-state index is 12.6. The molecule has 160 valence electrons. The number of para-hydroxylation sites is 2. The number of hydrogen-bond acceptors (Lipinski definition) is 4. The molecule has 0 radical (unpaired) electrons. The topological polar surface area (TPSA) is 66.2 Å². The third kappa shape index (κ3) is 7.50. The van der Waals surface area contributed by atoms with Gasteiger partial charge in [0, 0.05) is 32.5 Å². The van der Waals surface area contributed by atoms with Crippen molar-refractivity contribution in [3.63, 3.8) is 0 Å². The number of aliphatic hydroxyl groups is 2. The van der Waals surface area contributed by atoms with Crippen LogP contribution < -0.4 is 0 Å². The number of nitrogens with zero attached hydrogens (tertiary/aromatic N) is 2. The van der Waals surface area contributed by atoms with Crippen molar-refractivity contribution in [3.05, 3.63) is 59.8 Å². The maximum Gasteiger partial charge on any atom is 0.381 e. The molecule has 2 aromatic carbocycles. The fourth-order valence-corrected chi connectivity index (χ4v) is 2.59. The first kappa shape index (κ1) is 25.2. The van der Waals surface area contributed by atoms with Gasteiger partial charge < -0.3 is 10.2 Å². The zero-order chi connectivity index (χ0) is 20.9. The molecule has 2 atom stereocenters. The van der Waals surface area contributed by atoms with Crippen LogP contribution in [0.15, 0.2) is 42.5 Å². The summed E-state index contributed by atoms with van der Waals surface area (Å²) in [6.45, 7) is 5.10. The molecule has 0 aliphatic heterocycles. The molecule has 8 heteroatoms. The molecule has 0 bridgehead atoms. The average molecular weight is 586 g/mol. The molecule has 4 nitrogen and oxygen atoms in total. The smallest absolute Gasteiger partial charge is 0.381 e. The molecular weight excluding hydrogens is 564 g/mol. The van der Waals surface area contributed by atoms with Gasteiger partial charge in [-0.2, -0.15) is 13.2 Å². The van der Waals surface area contributed by atoms with Crippen LogP contribution >= 0.6 is 0 Å². The SMILES string of the molecule is CC(O)CC(C)O.Cc1nc2ccccc2nc1-c1[c-]cc(C(F)(F)F)cc1.[Pt]. The Kier molecular flexibility index (Phi) is 9.40. The predicted molar refractivity (Wildman–Crippen MR) is 102 cm³/mol. The van der Waals surface area contributed by atoms with E-state index >= 15 is 0 Å². The first-order valence-electron chi connectivity index (χ1n) is 8.76. The molecule has 0 spiro atoms. The minimum Gasteiger partial charge on any atom is -0.393 e. The van der Waals surface area contributed by atoms with E-state index in [9.17, 15) is 13.2 Å². The molecule has 0 saturated carbocycles. The van der Waals surface area contributed by atoms with E-state index in [0.29, 0.717) is 28.9 Å². The van der Waals surface area contributed by atoms with Gasteiger partial charge >= 0.3 is 6.18 Å². The number of halogens is 3. The third-order valence-electron chi connectivity index (χ3n) is 3.82. The Morgan fingerprint density at radius 1 is 0.966 bits per heavy atom. The summed E-state index contributed by atoms with van der Waals surface area (Å²) in [4.78, 5) is 8.88. The Morgan fingerprint density at radius 2 is 1.52 bits per heavy atom. The minimum atomic E-state index is -4.36. The Balaban J connectivity index is 0.000000456. The minimum absolute atomic E-state index is 0. The standard InChI is InChI=1S/C16H10F3N2.C5H12O2.Pt/c1-10-15(21-14-5-3-2-4-13(14)20-10)11-6-8-12(9-7-11)16(17,18)19;1-4(6)3-5(2)7;/h2-6,8-9H,1H3;4-7H,3H2,1-2H3;/q-1;;. The molecule has 2 N–H and O–H groups in total. The van der Waals surface area contributed by atoms with Crippen molar-refractivity contribution in [3.8, 4) is 11.3 Å². The molecule has 29 heavy (non-hydrogen) atoms. The summed E-state index contributed by atoms with van der Waals surface area (Å²) in [5.41, 5.74) is 2.43. The molecule has 1 heterocycles. The number of benzene rings is 2. The van der Waals surface area contributed by atoms with Gasteiger partial charge in [-0.15, -0.1) is 29.8 Å². The summed E-state index contributed by atoms with van der Waals surface area (Å²) < 4.78 is 37.7. The normalized spacial score (nSPS) is 13.1. The predicted octanol–water partition coefficient (Wildman–Crippen LogP) is 4.56. The molecule has 0 aliphatic carbocycles. The molecule has 0 saturated heterocycles. The Morgan fingerprint density at radius 3 is 1.93 bits per heavy atom. The first-order chi connectivity index (χ1) is 13.1. The van der Waals surface area contributed by atoms with E-state index in [2.05, 4.69) is 16.0 Å². The van der Waals surface area contributed by atoms with Crippen LogP contribution in [0, 0.1) is 13.0 Å². The summed E-state index contributed by atoms with van der Waals surface area (Å²) in [5.74, 6) is 0. The van der Waals surface area contributed by atoms with Crippen LogP contribution in [0.25, 0.3) is 22.3 Å². The Bertz CT molecular complexity index is 908. The largest absolute Gasteiger partial charge is 0.393 e. The number of alkyl halides is 3. The van der Waals surface area contributed by atoms with E-state index in [1.54, 1.807) is 20.8 Å². The van der Waals surface area contributed by atoms with Crippen molar-refractivity contribution in [2.24, 2.45) is 0 Å². The van der Waals surface area contributed by atoms with Crippen LogP contribution in [0.3, 0.4) is 0 Å². The molecule has 3 aromatic rings. The van der Waals surface area contributed by atoms with Crippen molar-refractivity contribution in [2.45, 2.75) is 45.6 Å². The first-order valence-corrected chi connectivity index (χ1v) is 8.76. The summed E-state index contributed by atoms with van der Waals surface area (Å²) in [6.07, 6.45) is -4.64. The number of aromatic nitrogens is 2. The van der Waals surface area contributed by atoms with Crippen molar-refractivity contribution in [2.75, 3.05) is 0 Å². The van der Waals surface area contributed by atoms with E-state index < -0.39 is 11.7 Å². The summed E-state index contributed by atoms with van der Waals surface area (Å²) >= 11 is 0. The van der Waals surface area contributed by atoms with Gasteiger partial charge in [-0.05, 0) is 44.9 Å². The van der Waals surface area contributed by atoms with Crippen LogP contribution in [0.1, 0.15) is 31.5 Å². The summed E-state index contributed by atoms with van der Waals surface area (Å²) in [7, 11) is 0. The van der Waals surface area contributed by atoms with E-state index in [1.807, 2.05) is 24.3 Å². The van der Waals surface area contributed by atoms with Crippen LogP contribution in [0.4, 0.5) is 13.2 Å². The van der Waals surface area contributed by atoms with E-state index in [1.165, 1.54) is 6.07 Å². The van der Waals surface area contributed by atoms with Gasteiger partial charge in [0.25, 0.3) is 0 Å². The molecule has 1 aromatic heterocycles. The van der Waals surface area contributed by atoms with Gasteiger partial charge in [-0.1, -0.05) is 12.1 Å². The van der Waals surface area contributed by atoms with Gasteiger partial charge in [0.1, 0.15) is 0 Å². The number of fused-ring (bicyclic) bond motifs is 1. The van der Waals surface area contributed by atoms with E-state index in [4.69, 9.17) is 10.2 Å². The van der Waals surface area contributed by atoms with Gasteiger partial charge in [-0.3, -0.25) is 9.97 Å². The molecule has 3 rings (SSSR count). The van der Waals surface area contributed by atoms with Crippen molar-refractivity contribution in [1.29, 1.82) is 0 Å². The number of aliphatic hydroxyl groups excluding tert-OH is 2. The third-order valence-corrected chi connectivity index (χ3v) is 3.82. The van der Waals surface area contributed by atoms with Crippen molar-refractivity contribution < 1.29 is 44.4 Å². The quantitative estimate of drug-likeness (QED) is 0.442. The molecular formula is C21H22F3N2O2Pt-. The van der Waals surface area contributed by atoms with Crippen LogP contribution in [-0.2, 0) is 27.2 Å². The fourth-order valence-electron chi connectivity index (χ4n) is 2.59. The van der Waals surface area contributed by atoms with Gasteiger partial charge in [-0.25, -0.2) is 0 Å². The molecule has 0 fully saturated rings. The van der Waals surface area contributed by atoms with E-state index in [-0.39, 0.29) is 33.3 Å². The van der Waals surface area contributed by atoms with Crippen molar-refractivity contribution >= 4 is 11.0 Å². The van der Waals surface area contributed by atoms with Crippen LogP contribution in [-0.4, -0.2) is 32.4 Å². The molecule has 2 unspecified atom stereocenters. The maximum absolute atomic E-state index is 12.6. The summed E-state index contributed by atoms with van der Waals surface area (Å²) in [6, 6.07) is 13.3. The number of aryl methyl sites for hydroxylation is 1. The Hall–Kier alpha value is -1.82. The zero-order valence-corrected chi connectivity index (χ0v) is 18.4. The van der Waals surface area contributed by atoms with Gasteiger partial charge in [0.15, 0.2) is 0 Å². The average Bonchev–Trinajstić information content (AvgIpc) is 2.60. The van der Waals surface area contributed by atoms with E-state index in [0.717, 1.165) is 17.6 Å². The van der Waals surface area contributed by atoms with Crippen LogP contribution in [0.5, 0.6) is 0 Å². The van der Waals surface area contributed by atoms with Gasteiger partial charge in [0.05, 0.1) is 23.2 Å². The second kappa shape index (κ2) is 10.8. The van der Waals surface area contributed by atoms with Crippen LogP contribution in [0.2, 0.25) is 0 Å². The zero-order valence-electron chi connectivity index (χ0n) is 16.1. The van der Waals surface area contributed by atoms with Crippen molar-refractivity contribution in [1.82, 2.24) is 9.97 Å². The summed E-state index contributed by atoms with van der Waals surface area (Å²) in [5, 5.41) is 17.1. The van der Waals surface area contributed by atoms with Gasteiger partial charge in [0.2, 0.25) is 0 Å². The monoisotopic (exact) mass is 586 g/mol. The Labute approximate surface area is 182 Å². The molecule has 0 aliphatic rings.